The van der Waals surface area contributed by atoms with E-state index in [2.05, 4.69) is 10.3 Å². The van der Waals surface area contributed by atoms with Crippen LogP contribution in [0.2, 0.25) is 0 Å². The van der Waals surface area contributed by atoms with Crippen LogP contribution in [0, 0.1) is 6.92 Å². The van der Waals surface area contributed by atoms with Crippen LogP contribution in [0.25, 0.3) is 0 Å². The first-order chi connectivity index (χ1) is 9.32. The Kier molecular flexibility index (Phi) is 5.60. The fourth-order valence-electron chi connectivity index (χ4n) is 1.76. The van der Waals surface area contributed by atoms with E-state index in [1.54, 1.807) is 6.92 Å². The molecule has 0 saturated carbocycles. The Balaban J connectivity index is 2.84. The van der Waals surface area contributed by atoms with Crippen molar-refractivity contribution in [3.8, 4) is 0 Å². The summed E-state index contributed by atoms with van der Waals surface area (Å²) in [7, 11) is 0. The lowest BCUT2D eigenvalue weighted by atomic mass is 9.99. The number of carbonyl (C=O) groups excluding carboxylic acids is 1. The number of carboxylic acids is 1. The highest BCUT2D eigenvalue weighted by Gasteiger charge is 2.24. The molecule has 110 valence electrons. The van der Waals surface area contributed by atoms with Gasteiger partial charge in [-0.15, -0.1) is 0 Å². The Hall–Kier alpha value is -1.99. The normalized spacial score (nSPS) is 13.6. The minimum Gasteiger partial charge on any atom is -0.477 e. The van der Waals surface area contributed by atoms with Gasteiger partial charge in [-0.3, -0.25) is 4.79 Å². The van der Waals surface area contributed by atoms with Crippen LogP contribution in [0.3, 0.4) is 0 Å². The van der Waals surface area contributed by atoms with Crippen molar-refractivity contribution in [3.05, 3.63) is 29.1 Å². The summed E-state index contributed by atoms with van der Waals surface area (Å²) in [4.78, 5) is 25.5. The Morgan fingerprint density at radius 2 is 2.05 bits per heavy atom. The molecule has 2 unspecified atom stereocenters. The molecule has 7 nitrogen and oxygen atoms in total. The minimum atomic E-state index is -1.37. The number of aryl methyl sites for hydroxylation is 1. The SMILES string of the molecule is CC(=O)NCCC(O)C(O)c1cc(C)cnc1C(=O)O. The van der Waals surface area contributed by atoms with Crippen molar-refractivity contribution in [2.75, 3.05) is 6.54 Å². The van der Waals surface area contributed by atoms with Crippen molar-refractivity contribution >= 4 is 11.9 Å². The zero-order chi connectivity index (χ0) is 15.3. The van der Waals surface area contributed by atoms with Crippen LogP contribution in [0.15, 0.2) is 12.3 Å². The minimum absolute atomic E-state index is 0.0628. The van der Waals surface area contributed by atoms with Gasteiger partial charge in [0.1, 0.15) is 6.10 Å². The third-order valence-electron chi connectivity index (χ3n) is 2.75. The number of rotatable bonds is 6. The summed E-state index contributed by atoms with van der Waals surface area (Å²) >= 11 is 0. The monoisotopic (exact) mass is 282 g/mol. The second-order valence-corrected chi connectivity index (χ2v) is 4.54. The number of aromatic carboxylic acids is 1. The highest BCUT2D eigenvalue weighted by molar-refractivity contribution is 5.87. The average molecular weight is 282 g/mol. The molecule has 1 amide bonds. The van der Waals surface area contributed by atoms with Crippen LogP contribution in [-0.2, 0) is 4.79 Å². The lowest BCUT2D eigenvalue weighted by molar-refractivity contribution is -0.119. The Morgan fingerprint density at radius 3 is 2.60 bits per heavy atom. The molecule has 1 aromatic rings. The van der Waals surface area contributed by atoms with Gasteiger partial charge >= 0.3 is 5.97 Å². The molecular weight excluding hydrogens is 264 g/mol. The number of aliphatic hydroxyl groups is 2. The first kappa shape index (κ1) is 16.1. The Labute approximate surface area is 116 Å². The van der Waals surface area contributed by atoms with Crippen molar-refractivity contribution in [3.63, 3.8) is 0 Å². The molecular formula is C13H18N2O5. The lowest BCUT2D eigenvalue weighted by Crippen LogP contribution is -2.28. The molecule has 0 radical (unpaired) electrons. The van der Waals surface area contributed by atoms with Crippen molar-refractivity contribution in [1.29, 1.82) is 0 Å². The molecule has 1 aromatic heterocycles. The average Bonchev–Trinajstić information content (AvgIpc) is 2.36. The van der Waals surface area contributed by atoms with E-state index < -0.39 is 18.2 Å². The zero-order valence-corrected chi connectivity index (χ0v) is 11.3. The number of amides is 1. The van der Waals surface area contributed by atoms with Gasteiger partial charge in [-0.05, 0) is 25.0 Å². The third kappa shape index (κ3) is 4.29. The lowest BCUT2D eigenvalue weighted by Gasteiger charge is -2.19. The fourth-order valence-corrected chi connectivity index (χ4v) is 1.76. The van der Waals surface area contributed by atoms with Crippen LogP contribution in [0.4, 0.5) is 0 Å². The van der Waals surface area contributed by atoms with Crippen LogP contribution >= 0.6 is 0 Å². The molecule has 20 heavy (non-hydrogen) atoms. The highest BCUT2D eigenvalue weighted by Crippen LogP contribution is 2.22. The summed E-state index contributed by atoms with van der Waals surface area (Å²) in [5, 5.41) is 31.4. The molecule has 0 spiro atoms. The molecule has 4 N–H and O–H groups in total. The van der Waals surface area contributed by atoms with Gasteiger partial charge in [-0.1, -0.05) is 0 Å². The van der Waals surface area contributed by atoms with Gasteiger partial charge in [-0.25, -0.2) is 9.78 Å². The van der Waals surface area contributed by atoms with Gasteiger partial charge in [0.25, 0.3) is 0 Å². The molecule has 0 aromatic carbocycles. The summed E-state index contributed by atoms with van der Waals surface area (Å²) in [5.41, 5.74) is 0.451. The van der Waals surface area contributed by atoms with E-state index >= 15 is 0 Å². The zero-order valence-electron chi connectivity index (χ0n) is 11.3. The number of nitrogens with zero attached hydrogens (tertiary/aromatic N) is 1. The van der Waals surface area contributed by atoms with Gasteiger partial charge in [0, 0.05) is 25.2 Å². The van der Waals surface area contributed by atoms with Crippen LogP contribution in [-0.4, -0.2) is 44.8 Å². The van der Waals surface area contributed by atoms with E-state index in [-0.39, 0.29) is 30.1 Å². The number of aromatic nitrogens is 1. The molecule has 0 fully saturated rings. The Morgan fingerprint density at radius 1 is 1.40 bits per heavy atom. The van der Waals surface area contributed by atoms with Crippen molar-refractivity contribution in [1.82, 2.24) is 10.3 Å². The van der Waals surface area contributed by atoms with Crippen molar-refractivity contribution in [2.24, 2.45) is 0 Å². The predicted octanol–water partition coefficient (Wildman–Crippen LogP) is 0.00872. The van der Waals surface area contributed by atoms with Crippen LogP contribution in [0.5, 0.6) is 0 Å². The third-order valence-corrected chi connectivity index (χ3v) is 2.75. The summed E-state index contributed by atoms with van der Waals surface area (Å²) in [6.07, 6.45) is -1.08. The first-order valence-corrected chi connectivity index (χ1v) is 6.13. The van der Waals surface area contributed by atoms with E-state index in [1.165, 1.54) is 19.2 Å². The largest absolute Gasteiger partial charge is 0.477 e. The number of hydrogen-bond acceptors (Lipinski definition) is 5. The summed E-state index contributed by atoms with van der Waals surface area (Å²) in [6.45, 7) is 3.24. The number of aliphatic hydroxyl groups excluding tert-OH is 2. The standard InChI is InChI=1S/C13H18N2O5/c1-7-5-9(11(13(19)20)15-6-7)12(18)10(17)3-4-14-8(2)16/h5-6,10,12,17-18H,3-4H2,1-2H3,(H,14,16)(H,19,20). The van der Waals surface area contributed by atoms with Gasteiger partial charge in [0.15, 0.2) is 5.69 Å². The number of pyridine rings is 1. The maximum atomic E-state index is 11.1. The van der Waals surface area contributed by atoms with Crippen molar-refractivity contribution in [2.45, 2.75) is 32.5 Å². The molecule has 0 bridgehead atoms. The van der Waals surface area contributed by atoms with Gasteiger partial charge in [0.05, 0.1) is 6.10 Å². The van der Waals surface area contributed by atoms with Crippen molar-refractivity contribution < 1.29 is 24.9 Å². The van der Waals surface area contributed by atoms with Crippen LogP contribution in [0.1, 0.15) is 41.1 Å². The number of carbonyl (C=O) groups is 2. The molecule has 0 saturated heterocycles. The molecule has 0 aliphatic rings. The summed E-state index contributed by atoms with van der Waals surface area (Å²) < 4.78 is 0. The van der Waals surface area contributed by atoms with E-state index in [0.717, 1.165) is 0 Å². The summed E-state index contributed by atoms with van der Waals surface area (Å²) in [5.74, 6) is -1.51. The van der Waals surface area contributed by atoms with E-state index in [1.807, 2.05) is 0 Å². The summed E-state index contributed by atoms with van der Waals surface area (Å²) in [6, 6.07) is 1.47. The second-order valence-electron chi connectivity index (χ2n) is 4.54. The number of nitrogens with one attached hydrogen (secondary N) is 1. The van der Waals surface area contributed by atoms with E-state index in [4.69, 9.17) is 5.11 Å². The maximum Gasteiger partial charge on any atom is 0.354 e. The number of carboxylic acid groups (broad SMARTS) is 1. The Bertz CT molecular complexity index is 504. The molecule has 1 rings (SSSR count). The maximum absolute atomic E-state index is 11.1. The second kappa shape index (κ2) is 6.97. The molecule has 0 aliphatic carbocycles. The molecule has 7 heteroatoms. The van der Waals surface area contributed by atoms with E-state index in [0.29, 0.717) is 5.56 Å². The quantitative estimate of drug-likeness (QED) is 0.583. The highest BCUT2D eigenvalue weighted by atomic mass is 16.4. The van der Waals surface area contributed by atoms with Crippen LogP contribution < -0.4 is 5.32 Å². The molecule has 2 atom stereocenters. The van der Waals surface area contributed by atoms with Gasteiger partial charge in [-0.2, -0.15) is 0 Å². The predicted molar refractivity (Wildman–Crippen MR) is 70.2 cm³/mol. The van der Waals surface area contributed by atoms with Gasteiger partial charge in [0.2, 0.25) is 5.91 Å². The van der Waals surface area contributed by atoms with Gasteiger partial charge < -0.3 is 20.6 Å². The fraction of sp³-hybridized carbons (Fsp3) is 0.462. The topological polar surface area (TPSA) is 120 Å². The first-order valence-electron chi connectivity index (χ1n) is 6.13. The van der Waals surface area contributed by atoms with E-state index in [9.17, 15) is 19.8 Å². The smallest absolute Gasteiger partial charge is 0.354 e. The molecule has 1 heterocycles. The molecule has 0 aliphatic heterocycles. The number of hydrogen-bond donors (Lipinski definition) is 4.